The number of aryl methyl sites for hydroxylation is 1. The van der Waals surface area contributed by atoms with Crippen molar-refractivity contribution in [2.75, 3.05) is 0 Å². The van der Waals surface area contributed by atoms with E-state index in [1.54, 1.807) is 29.6 Å². The quantitative estimate of drug-likeness (QED) is 0.467. The highest BCUT2D eigenvalue weighted by atomic mass is 19.1. The molecule has 8 heteroatoms. The Kier molecular flexibility index (Phi) is 4.04. The summed E-state index contributed by atoms with van der Waals surface area (Å²) in [6.07, 6.45) is 9.32. The van der Waals surface area contributed by atoms with Crippen LogP contribution in [0.4, 0.5) is 4.39 Å². The minimum atomic E-state index is -0.290. The fourth-order valence-electron chi connectivity index (χ4n) is 3.66. The first kappa shape index (κ1) is 17.4. The molecule has 144 valence electrons. The average Bonchev–Trinajstić information content (AvgIpc) is 3.35. The van der Waals surface area contributed by atoms with Crippen LogP contribution >= 0.6 is 0 Å². The third-order valence-electron chi connectivity index (χ3n) is 5.09. The number of rotatable bonds is 4. The zero-order chi connectivity index (χ0) is 20.0. The Bertz CT molecular complexity index is 1340. The predicted molar refractivity (Wildman–Crippen MR) is 108 cm³/mol. The third kappa shape index (κ3) is 2.93. The van der Waals surface area contributed by atoms with Crippen LogP contribution in [-0.2, 0) is 7.05 Å². The van der Waals surface area contributed by atoms with Crippen LogP contribution in [0, 0.1) is 5.82 Å². The highest BCUT2D eigenvalue weighted by Gasteiger charge is 2.21. The summed E-state index contributed by atoms with van der Waals surface area (Å²) in [6, 6.07) is 6.87. The Labute approximate surface area is 165 Å². The lowest BCUT2D eigenvalue weighted by Gasteiger charge is -2.19. The minimum Gasteiger partial charge on any atom is -0.306 e. The Hall–Kier alpha value is -3.68. The molecule has 4 aromatic heterocycles. The van der Waals surface area contributed by atoms with Gasteiger partial charge in [0.25, 0.3) is 0 Å². The van der Waals surface area contributed by atoms with Crippen molar-refractivity contribution in [1.29, 1.82) is 0 Å². The number of nitrogens with zero attached hydrogens (tertiary/aromatic N) is 7. The zero-order valence-corrected chi connectivity index (χ0v) is 16.0. The Balaban J connectivity index is 1.66. The molecule has 29 heavy (non-hydrogen) atoms. The zero-order valence-electron chi connectivity index (χ0n) is 16.0. The van der Waals surface area contributed by atoms with E-state index < -0.39 is 0 Å². The van der Waals surface area contributed by atoms with Crippen LogP contribution in [0.5, 0.6) is 0 Å². The lowest BCUT2D eigenvalue weighted by atomic mass is 10.0. The van der Waals surface area contributed by atoms with Gasteiger partial charge in [-0.15, -0.1) is 0 Å². The van der Waals surface area contributed by atoms with Crippen molar-refractivity contribution in [2.24, 2.45) is 7.05 Å². The van der Waals surface area contributed by atoms with Crippen molar-refractivity contribution in [3.05, 3.63) is 66.8 Å². The third-order valence-corrected chi connectivity index (χ3v) is 5.09. The largest absolute Gasteiger partial charge is 0.306 e. The highest BCUT2D eigenvalue weighted by molar-refractivity contribution is 5.79. The maximum Gasteiger partial charge on any atom is 0.197 e. The molecular formula is C21H18FN7. The van der Waals surface area contributed by atoms with Gasteiger partial charge < -0.3 is 4.57 Å². The van der Waals surface area contributed by atoms with Crippen molar-refractivity contribution in [3.63, 3.8) is 0 Å². The van der Waals surface area contributed by atoms with Crippen LogP contribution in [0.3, 0.4) is 0 Å². The van der Waals surface area contributed by atoms with Crippen LogP contribution in [0.25, 0.3) is 33.5 Å². The van der Waals surface area contributed by atoms with E-state index in [4.69, 9.17) is 4.98 Å². The first-order chi connectivity index (χ1) is 14.1. The van der Waals surface area contributed by atoms with Gasteiger partial charge in [0.15, 0.2) is 11.3 Å². The van der Waals surface area contributed by atoms with E-state index >= 15 is 0 Å². The second-order valence-electron chi connectivity index (χ2n) is 6.95. The Morgan fingerprint density at radius 2 is 2.03 bits per heavy atom. The van der Waals surface area contributed by atoms with Crippen molar-refractivity contribution < 1.29 is 4.39 Å². The Morgan fingerprint density at radius 1 is 1.14 bits per heavy atom. The first-order valence-electron chi connectivity index (χ1n) is 9.37. The average molecular weight is 387 g/mol. The van der Waals surface area contributed by atoms with E-state index in [1.165, 1.54) is 6.07 Å². The van der Waals surface area contributed by atoms with Crippen molar-refractivity contribution in [3.8, 4) is 11.3 Å². The molecule has 1 atom stereocenters. The fraction of sp³-hybridized carbons (Fsp3) is 0.190. The molecule has 5 aromatic rings. The highest BCUT2D eigenvalue weighted by Crippen LogP contribution is 2.30. The van der Waals surface area contributed by atoms with Gasteiger partial charge in [-0.3, -0.25) is 9.67 Å². The summed E-state index contributed by atoms with van der Waals surface area (Å²) in [7, 11) is 1.85. The summed E-state index contributed by atoms with van der Waals surface area (Å²) in [4.78, 5) is 17.8. The van der Waals surface area contributed by atoms with E-state index in [1.807, 2.05) is 42.9 Å². The predicted octanol–water partition coefficient (Wildman–Crippen LogP) is 3.91. The van der Waals surface area contributed by atoms with Crippen LogP contribution in [0.2, 0.25) is 0 Å². The second-order valence-corrected chi connectivity index (χ2v) is 6.95. The molecule has 0 aliphatic heterocycles. The maximum atomic E-state index is 15.0. The molecule has 0 aliphatic rings. The maximum absolute atomic E-state index is 15.0. The van der Waals surface area contributed by atoms with E-state index in [0.717, 1.165) is 10.9 Å². The molecule has 1 unspecified atom stereocenters. The smallest absolute Gasteiger partial charge is 0.197 e. The molecule has 0 N–H and O–H groups in total. The van der Waals surface area contributed by atoms with Gasteiger partial charge in [-0.1, -0.05) is 13.0 Å². The Morgan fingerprint density at radius 3 is 2.83 bits per heavy atom. The molecule has 0 aliphatic carbocycles. The number of benzene rings is 1. The van der Waals surface area contributed by atoms with Gasteiger partial charge in [0.05, 0.1) is 36.0 Å². The molecule has 1 aromatic carbocycles. The molecule has 0 amide bonds. The van der Waals surface area contributed by atoms with Gasteiger partial charge in [0.1, 0.15) is 5.82 Å². The summed E-state index contributed by atoms with van der Waals surface area (Å²) in [5.41, 5.74) is 3.93. The lowest BCUT2D eigenvalue weighted by molar-refractivity contribution is 0.527. The van der Waals surface area contributed by atoms with Crippen molar-refractivity contribution >= 4 is 22.2 Å². The summed E-state index contributed by atoms with van der Waals surface area (Å²) in [6.45, 7) is 2.02. The summed E-state index contributed by atoms with van der Waals surface area (Å²) < 4.78 is 18.6. The van der Waals surface area contributed by atoms with Gasteiger partial charge in [0, 0.05) is 42.0 Å². The lowest BCUT2D eigenvalue weighted by Crippen LogP contribution is -2.11. The molecule has 0 saturated heterocycles. The summed E-state index contributed by atoms with van der Waals surface area (Å²) in [5, 5.41) is 5.09. The topological polar surface area (TPSA) is 74.3 Å². The molecule has 0 fully saturated rings. The number of halogens is 1. The van der Waals surface area contributed by atoms with Gasteiger partial charge in [-0.2, -0.15) is 5.10 Å². The molecule has 0 spiro atoms. The summed E-state index contributed by atoms with van der Waals surface area (Å²) >= 11 is 0. The minimum absolute atomic E-state index is 0.261. The molecule has 0 saturated carbocycles. The number of fused-ring (bicyclic) bond motifs is 2. The van der Waals surface area contributed by atoms with Gasteiger partial charge in [0.2, 0.25) is 0 Å². The molecular weight excluding hydrogens is 369 g/mol. The van der Waals surface area contributed by atoms with Gasteiger partial charge in [-0.05, 0) is 18.6 Å². The monoisotopic (exact) mass is 387 g/mol. The molecule has 5 rings (SSSR count). The molecule has 7 nitrogen and oxygen atoms in total. The van der Waals surface area contributed by atoms with E-state index in [9.17, 15) is 4.39 Å². The second kappa shape index (κ2) is 6.73. The molecule has 4 heterocycles. The van der Waals surface area contributed by atoms with E-state index in [-0.39, 0.29) is 11.9 Å². The van der Waals surface area contributed by atoms with Gasteiger partial charge in [-0.25, -0.2) is 19.3 Å². The normalized spacial score (nSPS) is 12.7. The summed E-state index contributed by atoms with van der Waals surface area (Å²) in [5.74, 6) is -0.290. The number of aromatic nitrogens is 7. The molecule has 0 radical (unpaired) electrons. The van der Waals surface area contributed by atoms with E-state index in [0.29, 0.717) is 34.5 Å². The number of hydrogen-bond donors (Lipinski definition) is 0. The van der Waals surface area contributed by atoms with Crippen LogP contribution in [-0.4, -0.2) is 34.3 Å². The number of imidazole rings is 1. The standard InChI is InChI=1S/C21H18FN7/c1-3-19(15-7-13-5-4-6-23-17(13)8-16(15)22)29-12-25-20-21(29)27-18(10-24-20)14-9-26-28(2)11-14/h4-12,19H,3H2,1-2H3. The first-order valence-corrected chi connectivity index (χ1v) is 9.37. The van der Waals surface area contributed by atoms with Crippen LogP contribution in [0.15, 0.2) is 55.4 Å². The SMILES string of the molecule is CCC(c1cc2cccnc2cc1F)n1cnc2ncc(-c3cnn(C)c3)nc21. The van der Waals surface area contributed by atoms with Crippen molar-refractivity contribution in [2.45, 2.75) is 19.4 Å². The van der Waals surface area contributed by atoms with E-state index in [2.05, 4.69) is 20.1 Å². The fourth-order valence-corrected chi connectivity index (χ4v) is 3.66. The van der Waals surface area contributed by atoms with Crippen LogP contribution < -0.4 is 0 Å². The van der Waals surface area contributed by atoms with Crippen molar-refractivity contribution in [1.82, 2.24) is 34.3 Å². The van der Waals surface area contributed by atoms with Gasteiger partial charge >= 0.3 is 0 Å². The molecule has 0 bridgehead atoms. The number of hydrogen-bond acceptors (Lipinski definition) is 5. The number of pyridine rings is 1. The van der Waals surface area contributed by atoms with Crippen LogP contribution in [0.1, 0.15) is 24.9 Å².